The van der Waals surface area contributed by atoms with Crippen LogP contribution in [0.2, 0.25) is 0 Å². The molecule has 0 saturated carbocycles. The molecule has 0 radical (unpaired) electrons. The van der Waals surface area contributed by atoms with Crippen LogP contribution in [-0.2, 0) is 6.42 Å². The summed E-state index contributed by atoms with van der Waals surface area (Å²) in [6, 6.07) is 0. The summed E-state index contributed by atoms with van der Waals surface area (Å²) in [6.45, 7) is 1.39. The van der Waals surface area contributed by atoms with Gasteiger partial charge in [0.15, 0.2) is 11.6 Å². The third-order valence-electron chi connectivity index (χ3n) is 1.44. The number of nitrogens with zero attached hydrogens (tertiary/aromatic N) is 1. The van der Waals surface area contributed by atoms with E-state index in [2.05, 4.69) is 4.98 Å². The lowest BCUT2D eigenvalue weighted by Gasteiger charge is -2.01. The standard InChI is InChI=1S/C7H5F4N/c1-2-3-4(8)6(10)12-7(11)5(3)9/h2H2,1H3. The second-order valence-electron chi connectivity index (χ2n) is 2.15. The largest absolute Gasteiger partial charge is 0.252 e. The molecule has 1 aromatic heterocycles. The topological polar surface area (TPSA) is 12.9 Å². The van der Waals surface area contributed by atoms with Crippen molar-refractivity contribution in [1.82, 2.24) is 4.98 Å². The summed E-state index contributed by atoms with van der Waals surface area (Å²) in [5, 5.41) is 0. The number of hydrogen-bond acceptors (Lipinski definition) is 1. The molecule has 0 fully saturated rings. The number of pyridine rings is 1. The molecular weight excluding hydrogens is 174 g/mol. The third-order valence-corrected chi connectivity index (χ3v) is 1.44. The second kappa shape index (κ2) is 3.08. The maximum Gasteiger partial charge on any atom is 0.252 e. The van der Waals surface area contributed by atoms with Gasteiger partial charge in [0.05, 0.1) is 0 Å². The molecule has 0 aromatic carbocycles. The van der Waals surface area contributed by atoms with E-state index >= 15 is 0 Å². The van der Waals surface area contributed by atoms with Crippen LogP contribution in [0.1, 0.15) is 12.5 Å². The van der Waals surface area contributed by atoms with Crippen molar-refractivity contribution in [3.8, 4) is 0 Å². The minimum absolute atomic E-state index is 0.117. The highest BCUT2D eigenvalue weighted by Crippen LogP contribution is 2.16. The van der Waals surface area contributed by atoms with E-state index in [1.807, 2.05) is 0 Å². The Morgan fingerprint density at radius 1 is 1.00 bits per heavy atom. The molecule has 0 aliphatic rings. The van der Waals surface area contributed by atoms with Crippen LogP contribution in [0.25, 0.3) is 0 Å². The fourth-order valence-electron chi connectivity index (χ4n) is 0.840. The van der Waals surface area contributed by atoms with Gasteiger partial charge in [-0.25, -0.2) is 8.78 Å². The molecule has 0 aliphatic heterocycles. The van der Waals surface area contributed by atoms with Crippen molar-refractivity contribution in [2.24, 2.45) is 0 Å². The Hall–Kier alpha value is -1.13. The first kappa shape index (κ1) is 8.96. The summed E-state index contributed by atoms with van der Waals surface area (Å²) < 4.78 is 49.8. The predicted octanol–water partition coefficient (Wildman–Crippen LogP) is 2.20. The van der Waals surface area contributed by atoms with Gasteiger partial charge >= 0.3 is 0 Å². The van der Waals surface area contributed by atoms with Gasteiger partial charge in [-0.15, -0.1) is 0 Å². The van der Waals surface area contributed by atoms with Gasteiger partial charge < -0.3 is 0 Å². The minimum atomic E-state index is -1.61. The Balaban J connectivity index is 3.42. The molecule has 0 amide bonds. The normalized spacial score (nSPS) is 10.4. The van der Waals surface area contributed by atoms with Crippen molar-refractivity contribution < 1.29 is 17.6 Å². The Kier molecular flexibility index (Phi) is 2.30. The summed E-state index contributed by atoms with van der Waals surface area (Å²) in [5.74, 6) is -6.05. The summed E-state index contributed by atoms with van der Waals surface area (Å²) >= 11 is 0. The molecule has 66 valence electrons. The first-order chi connectivity index (χ1) is 5.57. The number of hydrogen-bond donors (Lipinski definition) is 0. The third kappa shape index (κ3) is 1.26. The molecule has 0 saturated heterocycles. The lowest BCUT2D eigenvalue weighted by Crippen LogP contribution is -2.04. The Morgan fingerprint density at radius 2 is 1.42 bits per heavy atom. The van der Waals surface area contributed by atoms with E-state index in [4.69, 9.17) is 0 Å². The highest BCUT2D eigenvalue weighted by Gasteiger charge is 2.18. The average Bonchev–Trinajstić information content (AvgIpc) is 2.02. The summed E-state index contributed by atoms with van der Waals surface area (Å²) in [4.78, 5) is 2.40. The average molecular weight is 179 g/mol. The van der Waals surface area contributed by atoms with Crippen LogP contribution in [0.5, 0.6) is 0 Å². The van der Waals surface area contributed by atoms with E-state index in [0.29, 0.717) is 0 Å². The van der Waals surface area contributed by atoms with Crippen LogP contribution in [-0.4, -0.2) is 4.98 Å². The highest BCUT2D eigenvalue weighted by molar-refractivity contribution is 5.16. The number of rotatable bonds is 1. The molecule has 1 rings (SSSR count). The van der Waals surface area contributed by atoms with E-state index in [9.17, 15) is 17.6 Å². The molecular formula is C7H5F4N. The quantitative estimate of drug-likeness (QED) is 0.475. The van der Waals surface area contributed by atoms with Gasteiger partial charge in [0.25, 0.3) is 11.9 Å². The van der Waals surface area contributed by atoms with Crippen molar-refractivity contribution in [1.29, 1.82) is 0 Å². The zero-order valence-corrected chi connectivity index (χ0v) is 6.17. The molecule has 1 heterocycles. The van der Waals surface area contributed by atoms with Gasteiger partial charge in [0.1, 0.15) is 0 Å². The zero-order valence-electron chi connectivity index (χ0n) is 6.17. The number of aromatic nitrogens is 1. The van der Waals surface area contributed by atoms with Gasteiger partial charge in [0, 0.05) is 5.56 Å². The fraction of sp³-hybridized carbons (Fsp3) is 0.286. The van der Waals surface area contributed by atoms with E-state index in [1.165, 1.54) is 6.92 Å². The second-order valence-corrected chi connectivity index (χ2v) is 2.15. The van der Waals surface area contributed by atoms with E-state index in [-0.39, 0.29) is 6.42 Å². The van der Waals surface area contributed by atoms with Gasteiger partial charge in [-0.05, 0) is 6.42 Å². The molecule has 1 aromatic rings. The molecule has 0 unspecified atom stereocenters. The zero-order chi connectivity index (χ0) is 9.30. The predicted molar refractivity (Wildman–Crippen MR) is 33.4 cm³/mol. The van der Waals surface area contributed by atoms with Crippen molar-refractivity contribution >= 4 is 0 Å². The van der Waals surface area contributed by atoms with E-state index in [1.54, 1.807) is 0 Å². The lowest BCUT2D eigenvalue weighted by molar-refractivity contribution is 0.396. The molecule has 0 bridgehead atoms. The summed E-state index contributed by atoms with van der Waals surface area (Å²) in [6.07, 6.45) is -0.117. The molecule has 0 spiro atoms. The maximum atomic E-state index is 12.6. The molecule has 12 heavy (non-hydrogen) atoms. The van der Waals surface area contributed by atoms with Crippen LogP contribution in [0.4, 0.5) is 17.6 Å². The van der Waals surface area contributed by atoms with Crippen molar-refractivity contribution in [2.45, 2.75) is 13.3 Å². The van der Waals surface area contributed by atoms with Crippen LogP contribution < -0.4 is 0 Å². The van der Waals surface area contributed by atoms with Gasteiger partial charge in [-0.2, -0.15) is 13.8 Å². The Morgan fingerprint density at radius 3 is 1.75 bits per heavy atom. The van der Waals surface area contributed by atoms with Gasteiger partial charge in [-0.1, -0.05) is 6.92 Å². The van der Waals surface area contributed by atoms with Crippen molar-refractivity contribution in [2.75, 3.05) is 0 Å². The van der Waals surface area contributed by atoms with E-state index in [0.717, 1.165) is 0 Å². The Bertz CT molecular complexity index is 285. The molecule has 0 atom stereocenters. The SMILES string of the molecule is CCc1c(F)c(F)nc(F)c1F. The van der Waals surface area contributed by atoms with Crippen molar-refractivity contribution in [3.05, 3.63) is 29.1 Å². The number of halogens is 4. The first-order valence-electron chi connectivity index (χ1n) is 3.26. The monoisotopic (exact) mass is 179 g/mol. The lowest BCUT2D eigenvalue weighted by atomic mass is 10.2. The molecule has 0 aliphatic carbocycles. The smallest absolute Gasteiger partial charge is 0.202 e. The molecule has 5 heteroatoms. The van der Waals surface area contributed by atoms with E-state index < -0.39 is 29.1 Å². The molecule has 1 nitrogen and oxygen atoms in total. The fourth-order valence-corrected chi connectivity index (χ4v) is 0.840. The van der Waals surface area contributed by atoms with Crippen LogP contribution in [0.3, 0.4) is 0 Å². The highest BCUT2D eigenvalue weighted by atomic mass is 19.2. The Labute approximate surface area is 66.0 Å². The summed E-state index contributed by atoms with van der Waals surface area (Å²) in [5.41, 5.74) is -0.611. The van der Waals surface area contributed by atoms with Crippen LogP contribution in [0, 0.1) is 23.5 Å². The van der Waals surface area contributed by atoms with Crippen LogP contribution >= 0.6 is 0 Å². The van der Waals surface area contributed by atoms with Crippen molar-refractivity contribution in [3.63, 3.8) is 0 Å². The van der Waals surface area contributed by atoms with Gasteiger partial charge in [-0.3, -0.25) is 0 Å². The molecule has 0 N–H and O–H groups in total. The maximum absolute atomic E-state index is 12.6. The first-order valence-corrected chi connectivity index (χ1v) is 3.26. The van der Waals surface area contributed by atoms with Gasteiger partial charge in [0.2, 0.25) is 0 Å². The van der Waals surface area contributed by atoms with Crippen LogP contribution in [0.15, 0.2) is 0 Å². The minimum Gasteiger partial charge on any atom is -0.202 e. The summed E-state index contributed by atoms with van der Waals surface area (Å²) in [7, 11) is 0.